The molecule has 0 aliphatic rings. The number of hydrogen-bond acceptors (Lipinski definition) is 5. The highest BCUT2D eigenvalue weighted by molar-refractivity contribution is 7.93. The van der Waals surface area contributed by atoms with Crippen LogP contribution in [0.4, 0.5) is 11.4 Å². The van der Waals surface area contributed by atoms with Crippen molar-refractivity contribution in [2.24, 2.45) is 0 Å². The van der Waals surface area contributed by atoms with E-state index in [1.54, 1.807) is 18.3 Å². The quantitative estimate of drug-likeness (QED) is 0.631. The lowest BCUT2D eigenvalue weighted by atomic mass is 10.3. The number of nitriles is 1. The minimum absolute atomic E-state index is 0.0583. The van der Waals surface area contributed by atoms with Crippen molar-refractivity contribution in [1.82, 2.24) is 0 Å². The number of nitrogens with one attached hydrogen (secondary N) is 1. The summed E-state index contributed by atoms with van der Waals surface area (Å²) < 4.78 is 31.3. The SMILES string of the molecule is CCOc1ccc(N(C#N)S(=O)(=O)c2ccc(NC(C)=O)cc2)cc1. The third-order valence-electron chi connectivity index (χ3n) is 3.19. The summed E-state index contributed by atoms with van der Waals surface area (Å²) in [4.78, 5) is 11.0. The molecule has 0 aliphatic carbocycles. The Balaban J connectivity index is 2.32. The van der Waals surface area contributed by atoms with Crippen molar-refractivity contribution in [1.29, 1.82) is 5.26 Å². The van der Waals surface area contributed by atoms with Gasteiger partial charge in [-0.3, -0.25) is 4.79 Å². The molecule has 2 aromatic rings. The van der Waals surface area contributed by atoms with Gasteiger partial charge in [-0.15, -0.1) is 0 Å². The highest BCUT2D eigenvalue weighted by Gasteiger charge is 2.25. The smallest absolute Gasteiger partial charge is 0.276 e. The van der Waals surface area contributed by atoms with Crippen LogP contribution in [0, 0.1) is 11.5 Å². The van der Waals surface area contributed by atoms with E-state index in [0.717, 1.165) is 0 Å². The van der Waals surface area contributed by atoms with E-state index in [1.165, 1.54) is 43.3 Å². The maximum atomic E-state index is 12.7. The van der Waals surface area contributed by atoms with Gasteiger partial charge < -0.3 is 10.1 Å². The van der Waals surface area contributed by atoms with Crippen LogP contribution in [0.5, 0.6) is 5.75 Å². The average Bonchev–Trinajstić information content (AvgIpc) is 2.57. The number of ether oxygens (including phenoxy) is 1. The molecule has 0 fully saturated rings. The summed E-state index contributed by atoms with van der Waals surface area (Å²) in [6.45, 7) is 3.68. The summed E-state index contributed by atoms with van der Waals surface area (Å²) >= 11 is 0. The minimum Gasteiger partial charge on any atom is -0.494 e. The van der Waals surface area contributed by atoms with Gasteiger partial charge in [0, 0.05) is 12.6 Å². The largest absolute Gasteiger partial charge is 0.494 e. The molecule has 2 rings (SSSR count). The lowest BCUT2D eigenvalue weighted by Gasteiger charge is -2.16. The Bertz CT molecular complexity index is 885. The minimum atomic E-state index is -4.06. The molecule has 130 valence electrons. The normalized spacial score (nSPS) is 10.6. The molecule has 0 atom stereocenters. The van der Waals surface area contributed by atoms with Crippen LogP contribution >= 0.6 is 0 Å². The summed E-state index contributed by atoms with van der Waals surface area (Å²) in [7, 11) is -4.06. The fourth-order valence-electron chi connectivity index (χ4n) is 2.11. The first-order valence-electron chi connectivity index (χ1n) is 7.44. The second-order valence-corrected chi connectivity index (χ2v) is 6.79. The first-order chi connectivity index (χ1) is 11.9. The Morgan fingerprint density at radius 1 is 1.16 bits per heavy atom. The molecule has 0 aliphatic heterocycles. The Hall–Kier alpha value is -3.05. The predicted octanol–water partition coefficient (Wildman–Crippen LogP) is 2.72. The van der Waals surface area contributed by atoms with E-state index in [4.69, 9.17) is 4.74 Å². The highest BCUT2D eigenvalue weighted by atomic mass is 32.2. The molecule has 0 saturated carbocycles. The van der Waals surface area contributed by atoms with E-state index >= 15 is 0 Å². The summed E-state index contributed by atoms with van der Waals surface area (Å²) in [6, 6.07) is 11.8. The molecule has 1 N–H and O–H groups in total. The van der Waals surface area contributed by atoms with Crippen molar-refractivity contribution in [3.05, 3.63) is 48.5 Å². The fourth-order valence-corrected chi connectivity index (χ4v) is 3.31. The molecule has 0 unspecified atom stereocenters. The van der Waals surface area contributed by atoms with Gasteiger partial charge in [0.15, 0.2) is 6.19 Å². The topological polar surface area (TPSA) is 99.5 Å². The van der Waals surface area contributed by atoms with Crippen molar-refractivity contribution >= 4 is 27.3 Å². The van der Waals surface area contributed by atoms with Gasteiger partial charge in [0.25, 0.3) is 10.0 Å². The molecule has 7 nitrogen and oxygen atoms in total. The fraction of sp³-hybridized carbons (Fsp3) is 0.176. The standard InChI is InChI=1S/C17H17N3O4S/c1-3-24-16-8-6-15(7-9-16)20(12-18)25(22,23)17-10-4-14(5-11-17)19-13(2)21/h4-11H,3H2,1-2H3,(H,19,21). The number of anilines is 2. The van der Waals surface area contributed by atoms with E-state index in [1.807, 2.05) is 6.92 Å². The number of sulfonamides is 1. The maximum Gasteiger partial charge on any atom is 0.276 e. The number of rotatable bonds is 6. The first kappa shape index (κ1) is 18.3. The van der Waals surface area contributed by atoms with Crippen LogP contribution in [0.15, 0.2) is 53.4 Å². The van der Waals surface area contributed by atoms with Crippen LogP contribution in [0.3, 0.4) is 0 Å². The molecular formula is C17H17N3O4S. The number of nitrogens with zero attached hydrogens (tertiary/aromatic N) is 2. The Morgan fingerprint density at radius 3 is 2.24 bits per heavy atom. The van der Waals surface area contributed by atoms with E-state index < -0.39 is 10.0 Å². The third kappa shape index (κ3) is 4.28. The average molecular weight is 359 g/mol. The van der Waals surface area contributed by atoms with Crippen molar-refractivity contribution in [3.8, 4) is 11.9 Å². The summed E-state index contributed by atoms with van der Waals surface area (Å²) in [5, 5.41) is 11.9. The molecule has 1 amide bonds. The molecule has 0 heterocycles. The van der Waals surface area contributed by atoms with Crippen LogP contribution in [0.1, 0.15) is 13.8 Å². The maximum absolute atomic E-state index is 12.7. The number of amides is 1. The van der Waals surface area contributed by atoms with Gasteiger partial charge in [0.05, 0.1) is 17.2 Å². The predicted molar refractivity (Wildman–Crippen MR) is 93.6 cm³/mol. The third-order valence-corrected chi connectivity index (χ3v) is 4.83. The van der Waals surface area contributed by atoms with Gasteiger partial charge in [-0.25, -0.2) is 0 Å². The van der Waals surface area contributed by atoms with Crippen molar-refractivity contribution in [2.45, 2.75) is 18.7 Å². The van der Waals surface area contributed by atoms with Gasteiger partial charge in [-0.1, -0.05) is 0 Å². The number of carbonyl (C=O) groups excluding carboxylic acids is 1. The Morgan fingerprint density at radius 2 is 1.76 bits per heavy atom. The highest BCUT2D eigenvalue weighted by Crippen LogP contribution is 2.26. The van der Waals surface area contributed by atoms with Crippen LogP contribution in [-0.2, 0) is 14.8 Å². The summed E-state index contributed by atoms with van der Waals surface area (Å²) in [5.74, 6) is 0.324. The summed E-state index contributed by atoms with van der Waals surface area (Å²) in [6.07, 6.45) is 1.69. The second kappa shape index (κ2) is 7.68. The van der Waals surface area contributed by atoms with Gasteiger partial charge in [-0.2, -0.15) is 18.0 Å². The zero-order valence-electron chi connectivity index (χ0n) is 13.8. The molecular weight excluding hydrogens is 342 g/mol. The number of hydrogen-bond donors (Lipinski definition) is 1. The summed E-state index contributed by atoms with van der Waals surface area (Å²) in [5.41, 5.74) is 0.674. The molecule has 0 aromatic heterocycles. The van der Waals surface area contributed by atoms with Crippen LogP contribution in [0.25, 0.3) is 0 Å². The van der Waals surface area contributed by atoms with Gasteiger partial charge in [-0.05, 0) is 55.5 Å². The molecule has 2 aromatic carbocycles. The van der Waals surface area contributed by atoms with Crippen LogP contribution in [-0.4, -0.2) is 20.9 Å². The number of benzene rings is 2. The van der Waals surface area contributed by atoms with E-state index in [9.17, 15) is 18.5 Å². The van der Waals surface area contributed by atoms with Crippen molar-refractivity contribution in [2.75, 3.05) is 16.2 Å². The molecule has 0 spiro atoms. The monoisotopic (exact) mass is 359 g/mol. The van der Waals surface area contributed by atoms with E-state index in [0.29, 0.717) is 22.3 Å². The van der Waals surface area contributed by atoms with Crippen LogP contribution in [0.2, 0.25) is 0 Å². The zero-order chi connectivity index (χ0) is 18.4. The Kier molecular flexibility index (Phi) is 5.62. The molecule has 8 heteroatoms. The number of carbonyl (C=O) groups is 1. The van der Waals surface area contributed by atoms with Crippen molar-refractivity contribution < 1.29 is 17.9 Å². The first-order valence-corrected chi connectivity index (χ1v) is 8.88. The lowest BCUT2D eigenvalue weighted by Crippen LogP contribution is -2.26. The van der Waals surface area contributed by atoms with Crippen LogP contribution < -0.4 is 14.4 Å². The second-order valence-electron chi connectivity index (χ2n) is 5.00. The van der Waals surface area contributed by atoms with Gasteiger partial charge in [0.1, 0.15) is 5.75 Å². The van der Waals surface area contributed by atoms with Gasteiger partial charge in [0.2, 0.25) is 5.91 Å². The van der Waals surface area contributed by atoms with Gasteiger partial charge >= 0.3 is 0 Å². The molecule has 0 radical (unpaired) electrons. The lowest BCUT2D eigenvalue weighted by molar-refractivity contribution is -0.114. The molecule has 0 saturated heterocycles. The zero-order valence-corrected chi connectivity index (χ0v) is 14.6. The Labute approximate surface area is 146 Å². The van der Waals surface area contributed by atoms with Crippen molar-refractivity contribution in [3.63, 3.8) is 0 Å². The van der Waals surface area contributed by atoms with E-state index in [-0.39, 0.29) is 16.5 Å². The molecule has 0 bridgehead atoms. The van der Waals surface area contributed by atoms with E-state index in [2.05, 4.69) is 5.32 Å². The molecule has 25 heavy (non-hydrogen) atoms.